The second-order valence-electron chi connectivity index (χ2n) is 8.95. The van der Waals surface area contributed by atoms with Crippen LogP contribution in [0.15, 0.2) is 36.5 Å². The predicted octanol–water partition coefficient (Wildman–Crippen LogP) is 4.92. The minimum atomic E-state index is -4.93. The summed E-state index contributed by atoms with van der Waals surface area (Å²) < 4.78 is 52.4. The normalized spacial score (nSPS) is 15.5. The fraction of sp³-hybridized carbons (Fsp3) is 0.296. The zero-order chi connectivity index (χ0) is 28.6. The first kappa shape index (κ1) is 27.7. The van der Waals surface area contributed by atoms with Gasteiger partial charge in [0.2, 0.25) is 0 Å². The Labute approximate surface area is 220 Å². The van der Waals surface area contributed by atoms with Gasteiger partial charge in [-0.05, 0) is 37.6 Å². The Morgan fingerprint density at radius 3 is 2.38 bits per heavy atom. The van der Waals surface area contributed by atoms with Gasteiger partial charge in [-0.2, -0.15) is 0 Å². The molecule has 2 aromatic carbocycles. The van der Waals surface area contributed by atoms with Crippen LogP contribution in [-0.4, -0.2) is 45.5 Å². The lowest BCUT2D eigenvalue weighted by Crippen LogP contribution is -2.17. The molecule has 0 saturated heterocycles. The number of aryl methyl sites for hydroxylation is 1. The van der Waals surface area contributed by atoms with Gasteiger partial charge in [0.25, 0.3) is 0 Å². The number of benzene rings is 2. The van der Waals surface area contributed by atoms with Gasteiger partial charge in [0.15, 0.2) is 5.78 Å². The number of aromatic nitrogens is 1. The summed E-state index contributed by atoms with van der Waals surface area (Å²) in [5, 5.41) is 33.3. The molecule has 1 aliphatic rings. The molecule has 0 radical (unpaired) electrons. The van der Waals surface area contributed by atoms with Crippen LogP contribution in [0.2, 0.25) is 0 Å². The summed E-state index contributed by atoms with van der Waals surface area (Å²) >= 11 is 0. The number of phenols is 2. The van der Waals surface area contributed by atoms with E-state index in [1.807, 2.05) is 0 Å². The average Bonchev–Trinajstić information content (AvgIpc) is 3.29. The van der Waals surface area contributed by atoms with Crippen LogP contribution in [0.4, 0.5) is 13.2 Å². The number of halogens is 3. The minimum Gasteiger partial charge on any atom is -0.507 e. The first-order valence-corrected chi connectivity index (χ1v) is 11.6. The number of phenolic OH excluding ortho intramolecular Hbond substituents is 2. The van der Waals surface area contributed by atoms with Gasteiger partial charge < -0.3 is 29.5 Å². The quantitative estimate of drug-likeness (QED) is 0.278. The van der Waals surface area contributed by atoms with E-state index in [1.54, 1.807) is 6.92 Å². The van der Waals surface area contributed by atoms with Crippen molar-refractivity contribution in [1.82, 2.24) is 4.98 Å². The van der Waals surface area contributed by atoms with Crippen LogP contribution in [0.5, 0.6) is 23.0 Å². The highest BCUT2D eigenvalue weighted by molar-refractivity contribution is 5.98. The van der Waals surface area contributed by atoms with Gasteiger partial charge in [0.05, 0.1) is 31.4 Å². The van der Waals surface area contributed by atoms with Crippen molar-refractivity contribution in [2.75, 3.05) is 7.11 Å². The van der Waals surface area contributed by atoms with Gasteiger partial charge in [-0.3, -0.25) is 14.6 Å². The maximum atomic E-state index is 12.6. The fourth-order valence-electron chi connectivity index (χ4n) is 4.60. The molecular weight excluding hydrogens is 523 g/mol. The van der Waals surface area contributed by atoms with Crippen LogP contribution < -0.4 is 4.74 Å². The number of Topliss-reactive ketones (excluding diaryl/α,β-unsaturated/α-hetero) is 1. The number of methoxy groups -OCH3 is 1. The third-order valence-electron chi connectivity index (χ3n) is 6.49. The van der Waals surface area contributed by atoms with Gasteiger partial charge in [-0.1, -0.05) is 12.1 Å². The van der Waals surface area contributed by atoms with Crippen molar-refractivity contribution < 1.29 is 52.3 Å². The van der Waals surface area contributed by atoms with Gasteiger partial charge in [-0.25, -0.2) is 0 Å². The van der Waals surface area contributed by atoms with Crippen LogP contribution in [0.25, 0.3) is 0 Å². The first-order valence-electron chi connectivity index (χ1n) is 11.6. The van der Waals surface area contributed by atoms with Crippen LogP contribution in [0, 0.1) is 6.92 Å². The molecule has 0 bridgehead atoms. The van der Waals surface area contributed by atoms with E-state index >= 15 is 0 Å². The SMILES string of the molecule is COC(=O)C[C@H](c1ccc(OC(F)(F)F)cc1)c1c(O)c(C(C)=O)cc([C@@H]2OCc3cnc(C)c(O)c32)c1O. The number of ketones is 1. The molecule has 3 aromatic rings. The van der Waals surface area contributed by atoms with E-state index in [9.17, 15) is 38.1 Å². The molecule has 206 valence electrons. The Morgan fingerprint density at radius 2 is 1.79 bits per heavy atom. The summed E-state index contributed by atoms with van der Waals surface area (Å²) in [5.41, 5.74) is 0.971. The number of carbonyl (C=O) groups excluding carboxylic acids is 2. The number of nitrogens with zero attached hydrogens (tertiary/aromatic N) is 1. The first-order chi connectivity index (χ1) is 18.3. The average molecular weight is 547 g/mol. The number of rotatable bonds is 7. The molecule has 1 aliphatic heterocycles. The molecule has 0 fully saturated rings. The monoisotopic (exact) mass is 547 g/mol. The molecule has 0 saturated carbocycles. The second kappa shape index (κ2) is 10.4. The Hall–Kier alpha value is -4.32. The third-order valence-corrected chi connectivity index (χ3v) is 6.49. The number of alkyl halides is 3. The lowest BCUT2D eigenvalue weighted by molar-refractivity contribution is -0.274. The summed E-state index contributed by atoms with van der Waals surface area (Å²) in [4.78, 5) is 29.0. The Bertz CT molecular complexity index is 1440. The largest absolute Gasteiger partial charge is 0.573 e. The molecule has 0 spiro atoms. The van der Waals surface area contributed by atoms with Gasteiger partial charge in [0.1, 0.15) is 29.1 Å². The second-order valence-corrected chi connectivity index (χ2v) is 8.95. The van der Waals surface area contributed by atoms with Crippen LogP contribution in [0.1, 0.15) is 69.2 Å². The molecule has 2 atom stereocenters. The van der Waals surface area contributed by atoms with Crippen molar-refractivity contribution >= 4 is 11.8 Å². The molecule has 9 nitrogen and oxygen atoms in total. The molecule has 0 unspecified atom stereocenters. The zero-order valence-electron chi connectivity index (χ0n) is 21.0. The Morgan fingerprint density at radius 1 is 1.13 bits per heavy atom. The summed E-state index contributed by atoms with van der Waals surface area (Å²) in [7, 11) is 1.12. The number of hydrogen-bond acceptors (Lipinski definition) is 9. The Kier molecular flexibility index (Phi) is 7.42. The number of esters is 1. The minimum absolute atomic E-state index is 0.0274. The Balaban J connectivity index is 1.92. The van der Waals surface area contributed by atoms with Crippen LogP contribution in [0.3, 0.4) is 0 Å². The molecule has 3 N–H and O–H groups in total. The number of pyridine rings is 1. The van der Waals surface area contributed by atoms with E-state index in [4.69, 9.17) is 9.47 Å². The maximum absolute atomic E-state index is 12.6. The van der Waals surface area contributed by atoms with Crippen molar-refractivity contribution in [1.29, 1.82) is 0 Å². The van der Waals surface area contributed by atoms with Gasteiger partial charge in [0, 0.05) is 34.4 Å². The van der Waals surface area contributed by atoms with Crippen molar-refractivity contribution in [3.63, 3.8) is 0 Å². The number of fused-ring (bicyclic) bond motifs is 1. The molecule has 12 heteroatoms. The van der Waals surface area contributed by atoms with Crippen molar-refractivity contribution in [2.45, 2.75) is 45.3 Å². The highest BCUT2D eigenvalue weighted by Gasteiger charge is 2.36. The lowest BCUT2D eigenvalue weighted by Gasteiger charge is -2.24. The van der Waals surface area contributed by atoms with Crippen LogP contribution in [-0.2, 0) is 20.9 Å². The number of carbonyl (C=O) groups is 2. The number of hydrogen-bond donors (Lipinski definition) is 3. The predicted molar refractivity (Wildman–Crippen MR) is 129 cm³/mol. The highest BCUT2D eigenvalue weighted by Crippen LogP contribution is 2.50. The zero-order valence-corrected chi connectivity index (χ0v) is 21.0. The highest BCUT2D eigenvalue weighted by atomic mass is 19.4. The van der Waals surface area contributed by atoms with E-state index < -0.39 is 53.8 Å². The van der Waals surface area contributed by atoms with Gasteiger partial charge >= 0.3 is 12.3 Å². The molecule has 39 heavy (non-hydrogen) atoms. The summed E-state index contributed by atoms with van der Waals surface area (Å²) in [6, 6.07) is 5.73. The molecule has 4 rings (SSSR count). The maximum Gasteiger partial charge on any atom is 0.573 e. The summed E-state index contributed by atoms with van der Waals surface area (Å²) in [5.74, 6) is -4.34. The number of aromatic hydroxyl groups is 3. The third kappa shape index (κ3) is 5.46. The molecule has 1 aromatic heterocycles. The van der Waals surface area contributed by atoms with Crippen molar-refractivity contribution in [3.05, 3.63) is 75.6 Å². The van der Waals surface area contributed by atoms with Crippen LogP contribution >= 0.6 is 0 Å². The lowest BCUT2D eigenvalue weighted by atomic mass is 9.83. The van der Waals surface area contributed by atoms with Gasteiger partial charge in [-0.15, -0.1) is 13.2 Å². The van der Waals surface area contributed by atoms with Crippen molar-refractivity contribution in [2.24, 2.45) is 0 Å². The molecule has 0 amide bonds. The van der Waals surface area contributed by atoms with E-state index in [1.165, 1.54) is 31.3 Å². The van der Waals surface area contributed by atoms with E-state index in [-0.39, 0.29) is 34.6 Å². The van der Waals surface area contributed by atoms with E-state index in [0.29, 0.717) is 16.8 Å². The molecule has 0 aliphatic carbocycles. The smallest absolute Gasteiger partial charge is 0.507 e. The molecular formula is C27H24F3NO8. The fourth-order valence-corrected chi connectivity index (χ4v) is 4.60. The summed E-state index contributed by atoms with van der Waals surface area (Å²) in [6.45, 7) is 2.80. The number of ether oxygens (including phenoxy) is 3. The molecule has 2 heterocycles. The topological polar surface area (TPSA) is 135 Å². The van der Waals surface area contributed by atoms with E-state index in [0.717, 1.165) is 19.2 Å². The standard InChI is InChI=1S/C27H24F3NO8/c1-12-23(34)21-15(10-31-12)11-38-26(21)19-8-17(13(2)32)24(35)22(25(19)36)18(9-20(33)37-3)14-4-6-16(7-5-14)39-27(28,29)30/h4-8,10,18,26,34-36H,9,11H2,1-3H3/t18-,26+/m1/s1. The van der Waals surface area contributed by atoms with Crippen molar-refractivity contribution in [3.8, 4) is 23.0 Å². The van der Waals surface area contributed by atoms with E-state index in [2.05, 4.69) is 9.72 Å². The summed E-state index contributed by atoms with van der Waals surface area (Å²) in [6.07, 6.45) is -4.92.